The molecule has 0 aliphatic rings. The van der Waals surface area contributed by atoms with Crippen LogP contribution in [-0.4, -0.2) is 28.1 Å². The number of nitrogens with one attached hydrogen (secondary N) is 1. The highest BCUT2D eigenvalue weighted by atomic mass is 35.5. The Balaban J connectivity index is 1.81. The Morgan fingerprint density at radius 1 is 1.30 bits per heavy atom. The third-order valence-corrected chi connectivity index (χ3v) is 2.84. The lowest BCUT2D eigenvalue weighted by Gasteiger charge is -2.09. The number of halogens is 1. The summed E-state index contributed by atoms with van der Waals surface area (Å²) in [5.74, 6) is 2.15. The molecule has 1 N–H and O–H groups in total. The lowest BCUT2D eigenvalue weighted by atomic mass is 10.3. The van der Waals surface area contributed by atoms with Gasteiger partial charge in [-0.3, -0.25) is 0 Å². The normalized spacial score (nSPS) is 10.3. The molecule has 0 bridgehead atoms. The molecule has 20 heavy (non-hydrogen) atoms. The Kier molecular flexibility index (Phi) is 5.12. The molecule has 0 spiro atoms. The van der Waals surface area contributed by atoms with Gasteiger partial charge in [-0.1, -0.05) is 18.5 Å². The SMILES string of the molecule is CCc1cc(NCCOc2ccc(Cl)cn2)nc(C)n1. The minimum Gasteiger partial charge on any atom is -0.476 e. The first kappa shape index (κ1) is 14.5. The van der Waals surface area contributed by atoms with Crippen molar-refractivity contribution in [2.45, 2.75) is 20.3 Å². The van der Waals surface area contributed by atoms with Crippen molar-refractivity contribution in [3.8, 4) is 5.88 Å². The van der Waals surface area contributed by atoms with Crippen LogP contribution in [0.25, 0.3) is 0 Å². The molecule has 5 nitrogen and oxygen atoms in total. The second-order valence-electron chi connectivity index (χ2n) is 4.24. The molecule has 2 rings (SSSR count). The first-order chi connectivity index (χ1) is 9.67. The van der Waals surface area contributed by atoms with Crippen molar-refractivity contribution in [1.82, 2.24) is 15.0 Å². The first-order valence-corrected chi connectivity index (χ1v) is 6.88. The quantitative estimate of drug-likeness (QED) is 0.830. The first-order valence-electron chi connectivity index (χ1n) is 6.50. The minimum atomic E-state index is 0.499. The molecule has 0 unspecified atom stereocenters. The van der Waals surface area contributed by atoms with E-state index in [1.165, 1.54) is 0 Å². The van der Waals surface area contributed by atoms with Crippen molar-refractivity contribution in [2.75, 3.05) is 18.5 Å². The van der Waals surface area contributed by atoms with Crippen molar-refractivity contribution < 1.29 is 4.74 Å². The highest BCUT2D eigenvalue weighted by Crippen LogP contribution is 2.11. The van der Waals surface area contributed by atoms with E-state index >= 15 is 0 Å². The summed E-state index contributed by atoms with van der Waals surface area (Å²) in [4.78, 5) is 12.7. The predicted octanol–water partition coefficient (Wildman–Crippen LogP) is 2.89. The zero-order valence-electron chi connectivity index (χ0n) is 11.6. The number of nitrogens with zero attached hydrogens (tertiary/aromatic N) is 3. The Hall–Kier alpha value is -1.88. The topological polar surface area (TPSA) is 59.9 Å². The van der Waals surface area contributed by atoms with Crippen LogP contribution in [0.1, 0.15) is 18.4 Å². The molecule has 0 amide bonds. The van der Waals surface area contributed by atoms with E-state index in [-0.39, 0.29) is 0 Å². The molecular formula is C14H17ClN4O. The zero-order valence-corrected chi connectivity index (χ0v) is 12.3. The van der Waals surface area contributed by atoms with Gasteiger partial charge in [0.05, 0.1) is 11.6 Å². The molecule has 0 saturated carbocycles. The maximum absolute atomic E-state index is 5.75. The van der Waals surface area contributed by atoms with Gasteiger partial charge in [-0.15, -0.1) is 0 Å². The van der Waals surface area contributed by atoms with Crippen molar-refractivity contribution in [1.29, 1.82) is 0 Å². The van der Waals surface area contributed by atoms with E-state index in [2.05, 4.69) is 27.2 Å². The van der Waals surface area contributed by atoms with E-state index in [0.717, 1.165) is 23.8 Å². The second-order valence-corrected chi connectivity index (χ2v) is 4.67. The lowest BCUT2D eigenvalue weighted by Crippen LogP contribution is -2.13. The van der Waals surface area contributed by atoms with Gasteiger partial charge >= 0.3 is 0 Å². The van der Waals surface area contributed by atoms with E-state index in [9.17, 15) is 0 Å². The van der Waals surface area contributed by atoms with Crippen LogP contribution in [0.2, 0.25) is 5.02 Å². The number of anilines is 1. The van der Waals surface area contributed by atoms with Crippen LogP contribution in [0.4, 0.5) is 5.82 Å². The molecule has 0 fully saturated rings. The van der Waals surface area contributed by atoms with Crippen LogP contribution in [0.15, 0.2) is 24.4 Å². The number of aryl methyl sites for hydroxylation is 2. The van der Waals surface area contributed by atoms with E-state index in [1.54, 1.807) is 18.3 Å². The summed E-state index contributed by atoms with van der Waals surface area (Å²) in [5.41, 5.74) is 1.03. The summed E-state index contributed by atoms with van der Waals surface area (Å²) < 4.78 is 5.49. The second kappa shape index (κ2) is 7.05. The Bertz CT molecular complexity index is 560. The van der Waals surface area contributed by atoms with Crippen LogP contribution in [0, 0.1) is 6.92 Å². The molecule has 106 valence electrons. The highest BCUT2D eigenvalue weighted by molar-refractivity contribution is 6.30. The van der Waals surface area contributed by atoms with Crippen molar-refractivity contribution in [3.63, 3.8) is 0 Å². The van der Waals surface area contributed by atoms with Gasteiger partial charge in [0.25, 0.3) is 0 Å². The molecular weight excluding hydrogens is 276 g/mol. The monoisotopic (exact) mass is 292 g/mol. The van der Waals surface area contributed by atoms with Crippen molar-refractivity contribution in [2.24, 2.45) is 0 Å². The number of hydrogen-bond acceptors (Lipinski definition) is 5. The van der Waals surface area contributed by atoms with E-state index in [0.29, 0.717) is 24.1 Å². The van der Waals surface area contributed by atoms with Gasteiger partial charge in [0.1, 0.15) is 18.2 Å². The van der Waals surface area contributed by atoms with Crippen LogP contribution < -0.4 is 10.1 Å². The van der Waals surface area contributed by atoms with Gasteiger partial charge in [-0.25, -0.2) is 15.0 Å². The predicted molar refractivity (Wildman–Crippen MR) is 79.4 cm³/mol. The molecule has 0 saturated heterocycles. The van der Waals surface area contributed by atoms with E-state index in [1.807, 2.05) is 13.0 Å². The Labute approximate surface area is 123 Å². The Morgan fingerprint density at radius 2 is 2.15 bits per heavy atom. The van der Waals surface area contributed by atoms with Crippen LogP contribution in [0.3, 0.4) is 0 Å². The number of aromatic nitrogens is 3. The molecule has 2 heterocycles. The molecule has 0 atom stereocenters. The largest absolute Gasteiger partial charge is 0.476 e. The lowest BCUT2D eigenvalue weighted by molar-refractivity contribution is 0.320. The molecule has 0 aromatic carbocycles. The maximum atomic E-state index is 5.75. The van der Waals surface area contributed by atoms with Crippen LogP contribution in [0.5, 0.6) is 5.88 Å². The maximum Gasteiger partial charge on any atom is 0.213 e. The van der Waals surface area contributed by atoms with Gasteiger partial charge in [0.15, 0.2) is 0 Å². The smallest absolute Gasteiger partial charge is 0.213 e. The fraction of sp³-hybridized carbons (Fsp3) is 0.357. The van der Waals surface area contributed by atoms with Gasteiger partial charge in [-0.2, -0.15) is 0 Å². The van der Waals surface area contributed by atoms with Gasteiger partial charge in [-0.05, 0) is 19.4 Å². The summed E-state index contributed by atoms with van der Waals surface area (Å²) in [7, 11) is 0. The average molecular weight is 293 g/mol. The zero-order chi connectivity index (χ0) is 14.4. The number of ether oxygens (including phenoxy) is 1. The number of rotatable bonds is 6. The highest BCUT2D eigenvalue weighted by Gasteiger charge is 2.00. The number of pyridine rings is 1. The summed E-state index contributed by atoms with van der Waals surface area (Å²) in [5, 5.41) is 3.81. The molecule has 0 aliphatic heterocycles. The Morgan fingerprint density at radius 3 is 2.85 bits per heavy atom. The van der Waals surface area contributed by atoms with Crippen molar-refractivity contribution in [3.05, 3.63) is 40.9 Å². The van der Waals surface area contributed by atoms with Gasteiger partial charge in [0, 0.05) is 24.0 Å². The van der Waals surface area contributed by atoms with E-state index < -0.39 is 0 Å². The van der Waals surface area contributed by atoms with Gasteiger partial charge in [0.2, 0.25) is 5.88 Å². The minimum absolute atomic E-state index is 0.499. The van der Waals surface area contributed by atoms with Crippen LogP contribution in [-0.2, 0) is 6.42 Å². The fourth-order valence-corrected chi connectivity index (χ4v) is 1.80. The fourth-order valence-electron chi connectivity index (χ4n) is 1.68. The third kappa shape index (κ3) is 4.35. The molecule has 0 radical (unpaired) electrons. The molecule has 6 heteroatoms. The average Bonchev–Trinajstić information content (AvgIpc) is 2.45. The summed E-state index contributed by atoms with van der Waals surface area (Å²) >= 11 is 5.75. The molecule has 2 aromatic heterocycles. The van der Waals surface area contributed by atoms with Crippen LogP contribution >= 0.6 is 11.6 Å². The third-order valence-electron chi connectivity index (χ3n) is 2.61. The molecule has 0 aliphatic carbocycles. The summed E-state index contributed by atoms with van der Waals surface area (Å²) in [6.45, 7) is 5.10. The summed E-state index contributed by atoms with van der Waals surface area (Å²) in [6, 6.07) is 5.44. The number of hydrogen-bond donors (Lipinski definition) is 1. The van der Waals surface area contributed by atoms with Gasteiger partial charge < -0.3 is 10.1 Å². The summed E-state index contributed by atoms with van der Waals surface area (Å²) in [6.07, 6.45) is 2.45. The van der Waals surface area contributed by atoms with Crippen molar-refractivity contribution >= 4 is 17.4 Å². The standard InChI is InChI=1S/C14H17ClN4O/c1-3-12-8-13(19-10(2)18-12)16-6-7-20-14-5-4-11(15)9-17-14/h4-5,8-9H,3,6-7H2,1-2H3,(H,16,18,19). The van der Waals surface area contributed by atoms with E-state index in [4.69, 9.17) is 16.3 Å². The molecule has 2 aromatic rings.